The Bertz CT molecular complexity index is 1520. The van der Waals surface area contributed by atoms with E-state index in [9.17, 15) is 9.59 Å². The molecule has 4 N–H and O–H groups in total. The van der Waals surface area contributed by atoms with Crippen molar-refractivity contribution in [2.24, 2.45) is 0 Å². The van der Waals surface area contributed by atoms with Gasteiger partial charge in [0.05, 0.1) is 19.4 Å². The highest BCUT2D eigenvalue weighted by molar-refractivity contribution is 6.03. The summed E-state index contributed by atoms with van der Waals surface area (Å²) in [6.07, 6.45) is 0.991. The van der Waals surface area contributed by atoms with Gasteiger partial charge in [0.2, 0.25) is 11.8 Å². The van der Waals surface area contributed by atoms with Gasteiger partial charge in [0.25, 0.3) is 5.91 Å². The van der Waals surface area contributed by atoms with Gasteiger partial charge in [-0.05, 0) is 45.0 Å². The van der Waals surface area contributed by atoms with E-state index in [-0.39, 0.29) is 30.9 Å². The molecule has 4 rings (SSSR count). The van der Waals surface area contributed by atoms with Crippen LogP contribution in [0.1, 0.15) is 31.1 Å². The molecular weight excluding hydrogens is 514 g/mol. The average molecular weight is 546 g/mol. The van der Waals surface area contributed by atoms with Crippen LogP contribution in [0.2, 0.25) is 0 Å². The van der Waals surface area contributed by atoms with Gasteiger partial charge in [-0.3, -0.25) is 10.1 Å². The van der Waals surface area contributed by atoms with Crippen LogP contribution in [-0.4, -0.2) is 52.9 Å². The molecule has 0 atom stereocenters. The molecule has 0 saturated carbocycles. The topological polar surface area (TPSA) is 144 Å². The van der Waals surface area contributed by atoms with Gasteiger partial charge in [0.15, 0.2) is 0 Å². The standard InChI is InChI=1S/C29H31N5O6/c1-29(2,3)40-28(37)33-23-9-10-24(22-8-6-5-7-21(22)23)39-25-11-12-31-27(34-25)32-19-15-18(16-20(17-19)38-4)26(36)30-13-14-35/h5-12,15-17,35H,13-14H2,1-4H3,(H,30,36)(H,33,37)(H,31,32,34). The summed E-state index contributed by atoms with van der Waals surface area (Å²) in [5, 5.41) is 19.0. The van der Waals surface area contributed by atoms with Crippen molar-refractivity contribution in [2.45, 2.75) is 26.4 Å². The minimum atomic E-state index is -0.625. The Labute approximate surface area is 231 Å². The monoisotopic (exact) mass is 545 g/mol. The maximum Gasteiger partial charge on any atom is 0.412 e. The van der Waals surface area contributed by atoms with Crippen LogP contribution >= 0.6 is 0 Å². The molecule has 0 bridgehead atoms. The fourth-order valence-electron chi connectivity index (χ4n) is 3.78. The molecule has 0 unspecified atom stereocenters. The number of hydrogen-bond donors (Lipinski definition) is 4. The van der Waals surface area contributed by atoms with Crippen molar-refractivity contribution in [3.63, 3.8) is 0 Å². The zero-order chi connectivity index (χ0) is 28.7. The van der Waals surface area contributed by atoms with Crippen LogP contribution in [0.4, 0.5) is 22.1 Å². The Balaban J connectivity index is 1.56. The van der Waals surface area contributed by atoms with Crippen molar-refractivity contribution in [3.8, 4) is 17.4 Å². The first-order valence-corrected chi connectivity index (χ1v) is 12.5. The molecule has 0 aliphatic rings. The van der Waals surface area contributed by atoms with Gasteiger partial charge in [-0.1, -0.05) is 24.3 Å². The molecule has 0 aliphatic carbocycles. The van der Waals surface area contributed by atoms with Crippen LogP contribution < -0.4 is 25.4 Å². The van der Waals surface area contributed by atoms with E-state index in [1.54, 1.807) is 63.4 Å². The Kier molecular flexibility index (Phi) is 8.65. The SMILES string of the molecule is COc1cc(Nc2nccc(Oc3ccc(NC(=O)OC(C)(C)C)c4ccccc34)n2)cc(C(=O)NCCO)c1. The quantitative estimate of drug-likeness (QED) is 0.222. The Morgan fingerprint density at radius 2 is 1.77 bits per heavy atom. The largest absolute Gasteiger partial charge is 0.497 e. The predicted octanol–water partition coefficient (Wildman–Crippen LogP) is 5.24. The first-order valence-electron chi connectivity index (χ1n) is 12.5. The molecule has 0 saturated heterocycles. The average Bonchev–Trinajstić information content (AvgIpc) is 2.92. The first kappa shape index (κ1) is 28.1. The third-order valence-electron chi connectivity index (χ3n) is 5.42. The Hall–Kier alpha value is -4.90. The summed E-state index contributed by atoms with van der Waals surface area (Å²) in [4.78, 5) is 33.5. The van der Waals surface area contributed by atoms with Crippen LogP contribution in [0, 0.1) is 0 Å². The summed E-state index contributed by atoms with van der Waals surface area (Å²) in [5.41, 5.74) is 0.822. The lowest BCUT2D eigenvalue weighted by Crippen LogP contribution is -2.27. The molecule has 40 heavy (non-hydrogen) atoms. The zero-order valence-electron chi connectivity index (χ0n) is 22.6. The molecule has 3 aromatic carbocycles. The lowest BCUT2D eigenvalue weighted by molar-refractivity contribution is 0.0636. The number of fused-ring (bicyclic) bond motifs is 1. The van der Waals surface area contributed by atoms with E-state index in [1.165, 1.54) is 7.11 Å². The molecule has 1 heterocycles. The highest BCUT2D eigenvalue weighted by Crippen LogP contribution is 2.34. The van der Waals surface area contributed by atoms with Crippen LogP contribution in [0.5, 0.6) is 17.4 Å². The van der Waals surface area contributed by atoms with E-state index >= 15 is 0 Å². The summed E-state index contributed by atoms with van der Waals surface area (Å²) in [5.74, 6) is 1.14. The van der Waals surface area contributed by atoms with E-state index in [0.717, 1.165) is 10.8 Å². The van der Waals surface area contributed by atoms with E-state index in [4.69, 9.17) is 19.3 Å². The fourth-order valence-corrected chi connectivity index (χ4v) is 3.78. The van der Waals surface area contributed by atoms with Crippen LogP contribution in [-0.2, 0) is 4.74 Å². The van der Waals surface area contributed by atoms with E-state index in [1.807, 2.05) is 24.3 Å². The third-order valence-corrected chi connectivity index (χ3v) is 5.42. The molecule has 208 valence electrons. The number of benzene rings is 3. The molecule has 11 heteroatoms. The summed E-state index contributed by atoms with van der Waals surface area (Å²) in [6, 6.07) is 17.5. The smallest absolute Gasteiger partial charge is 0.412 e. The van der Waals surface area contributed by atoms with Crippen molar-refractivity contribution in [1.29, 1.82) is 0 Å². The minimum absolute atomic E-state index is 0.133. The van der Waals surface area contributed by atoms with E-state index in [0.29, 0.717) is 28.4 Å². The maximum absolute atomic E-state index is 12.4. The van der Waals surface area contributed by atoms with Gasteiger partial charge in [0, 0.05) is 46.9 Å². The molecule has 0 radical (unpaired) electrons. The Morgan fingerprint density at radius 1 is 1.00 bits per heavy atom. The second-order valence-electron chi connectivity index (χ2n) is 9.66. The molecule has 1 aromatic heterocycles. The van der Waals surface area contributed by atoms with E-state index in [2.05, 4.69) is 25.9 Å². The van der Waals surface area contributed by atoms with Gasteiger partial charge >= 0.3 is 6.09 Å². The molecular formula is C29H31N5O6. The van der Waals surface area contributed by atoms with Crippen molar-refractivity contribution in [1.82, 2.24) is 15.3 Å². The van der Waals surface area contributed by atoms with Crippen molar-refractivity contribution in [3.05, 3.63) is 72.4 Å². The number of anilines is 3. The van der Waals surface area contributed by atoms with Crippen LogP contribution in [0.15, 0.2) is 66.9 Å². The number of carbonyl (C=O) groups excluding carboxylic acids is 2. The number of ether oxygens (including phenoxy) is 3. The first-order chi connectivity index (χ1) is 19.1. The number of nitrogens with one attached hydrogen (secondary N) is 3. The minimum Gasteiger partial charge on any atom is -0.497 e. The molecule has 0 aliphatic heterocycles. The summed E-state index contributed by atoms with van der Waals surface area (Å²) < 4.78 is 16.8. The van der Waals surface area contributed by atoms with E-state index < -0.39 is 11.7 Å². The van der Waals surface area contributed by atoms with Gasteiger partial charge in [0.1, 0.15) is 17.1 Å². The lowest BCUT2D eigenvalue weighted by atomic mass is 10.1. The molecule has 2 amide bonds. The molecule has 4 aromatic rings. The number of nitrogens with zero attached hydrogens (tertiary/aromatic N) is 2. The van der Waals surface area contributed by atoms with Crippen molar-refractivity contribution >= 4 is 40.1 Å². The highest BCUT2D eigenvalue weighted by atomic mass is 16.6. The number of aliphatic hydroxyl groups is 1. The second kappa shape index (κ2) is 12.3. The number of carbonyl (C=O) groups is 2. The summed E-state index contributed by atoms with van der Waals surface area (Å²) in [6.45, 7) is 5.37. The second-order valence-corrected chi connectivity index (χ2v) is 9.66. The van der Waals surface area contributed by atoms with Crippen molar-refractivity contribution < 1.29 is 28.9 Å². The molecule has 0 spiro atoms. The zero-order valence-corrected chi connectivity index (χ0v) is 22.6. The number of rotatable bonds is 9. The highest BCUT2D eigenvalue weighted by Gasteiger charge is 2.18. The van der Waals surface area contributed by atoms with Gasteiger partial charge in [-0.2, -0.15) is 4.98 Å². The molecule has 0 fully saturated rings. The number of amides is 2. The number of aromatic nitrogens is 2. The third kappa shape index (κ3) is 7.35. The van der Waals surface area contributed by atoms with Crippen LogP contribution in [0.25, 0.3) is 10.8 Å². The number of hydrogen-bond acceptors (Lipinski definition) is 9. The molecule has 11 nitrogen and oxygen atoms in total. The van der Waals surface area contributed by atoms with Gasteiger partial charge in [-0.25, -0.2) is 9.78 Å². The summed E-state index contributed by atoms with van der Waals surface area (Å²) >= 11 is 0. The lowest BCUT2D eigenvalue weighted by Gasteiger charge is -2.20. The van der Waals surface area contributed by atoms with Gasteiger partial charge < -0.3 is 30.0 Å². The van der Waals surface area contributed by atoms with Crippen molar-refractivity contribution in [2.75, 3.05) is 30.9 Å². The number of aliphatic hydroxyl groups excluding tert-OH is 1. The van der Waals surface area contributed by atoms with Gasteiger partial charge in [-0.15, -0.1) is 0 Å². The van der Waals surface area contributed by atoms with Crippen LogP contribution in [0.3, 0.4) is 0 Å². The fraction of sp³-hybridized carbons (Fsp3) is 0.241. The Morgan fingerprint density at radius 3 is 2.50 bits per heavy atom. The predicted molar refractivity (Wildman–Crippen MR) is 152 cm³/mol. The normalized spacial score (nSPS) is 11.0. The maximum atomic E-state index is 12.4. The number of methoxy groups -OCH3 is 1. The summed E-state index contributed by atoms with van der Waals surface area (Å²) in [7, 11) is 1.50.